The molecule has 1 aromatic heterocycles. The van der Waals surface area contributed by atoms with E-state index >= 15 is 0 Å². The lowest BCUT2D eigenvalue weighted by Gasteiger charge is -2.60. The molecule has 4 saturated carbocycles. The Morgan fingerprint density at radius 1 is 1.10 bits per heavy atom. The highest BCUT2D eigenvalue weighted by molar-refractivity contribution is 5.82. The van der Waals surface area contributed by atoms with Crippen molar-refractivity contribution in [3.8, 4) is 0 Å². The number of carbonyl (C=O) groups is 1. The molecular formula is C25H38N2O2. The van der Waals surface area contributed by atoms with Gasteiger partial charge in [-0.2, -0.15) is 0 Å². The van der Waals surface area contributed by atoms with Gasteiger partial charge in [-0.05, 0) is 99.2 Å². The summed E-state index contributed by atoms with van der Waals surface area (Å²) < 4.78 is 2.02. The molecule has 1 heterocycles. The fourth-order valence-electron chi connectivity index (χ4n) is 8.61. The molecule has 0 aliphatic heterocycles. The van der Waals surface area contributed by atoms with Gasteiger partial charge < -0.3 is 9.67 Å². The highest BCUT2D eigenvalue weighted by atomic mass is 16.3. The van der Waals surface area contributed by atoms with E-state index < -0.39 is 0 Å². The van der Waals surface area contributed by atoms with Crippen molar-refractivity contribution in [3.05, 3.63) is 18.2 Å². The fraction of sp³-hybridized carbons (Fsp3) is 0.840. The average molecular weight is 399 g/mol. The van der Waals surface area contributed by atoms with Gasteiger partial charge in [-0.15, -0.1) is 0 Å². The maximum Gasteiger partial charge on any atom is 0.156 e. The first-order valence-corrected chi connectivity index (χ1v) is 12.0. The number of imidazole rings is 1. The van der Waals surface area contributed by atoms with Gasteiger partial charge in [0.15, 0.2) is 5.78 Å². The second-order valence-corrected chi connectivity index (χ2v) is 11.3. The van der Waals surface area contributed by atoms with Crippen molar-refractivity contribution >= 4 is 5.78 Å². The van der Waals surface area contributed by atoms with Crippen LogP contribution in [0.15, 0.2) is 12.4 Å². The molecule has 4 heteroatoms. The zero-order valence-electron chi connectivity index (χ0n) is 18.4. The molecule has 0 bridgehead atoms. The molecule has 8 atom stereocenters. The van der Waals surface area contributed by atoms with E-state index in [0.29, 0.717) is 29.6 Å². The largest absolute Gasteiger partial charge is 0.393 e. The summed E-state index contributed by atoms with van der Waals surface area (Å²) >= 11 is 0. The Morgan fingerprint density at radius 3 is 2.62 bits per heavy atom. The smallest absolute Gasteiger partial charge is 0.156 e. The number of rotatable bonds is 3. The molecule has 1 N–H and O–H groups in total. The van der Waals surface area contributed by atoms with E-state index in [4.69, 9.17) is 0 Å². The van der Waals surface area contributed by atoms with Crippen LogP contribution in [0.25, 0.3) is 0 Å². The molecule has 160 valence electrons. The van der Waals surface area contributed by atoms with Crippen molar-refractivity contribution in [3.63, 3.8) is 0 Å². The zero-order valence-corrected chi connectivity index (χ0v) is 18.4. The monoisotopic (exact) mass is 398 g/mol. The van der Waals surface area contributed by atoms with Crippen LogP contribution in [0.2, 0.25) is 0 Å². The van der Waals surface area contributed by atoms with Crippen LogP contribution in [0.4, 0.5) is 0 Å². The molecule has 4 nitrogen and oxygen atoms in total. The van der Waals surface area contributed by atoms with Gasteiger partial charge in [0.25, 0.3) is 0 Å². The maximum atomic E-state index is 13.3. The molecule has 29 heavy (non-hydrogen) atoms. The topological polar surface area (TPSA) is 55.1 Å². The number of hydrogen-bond donors (Lipinski definition) is 1. The third-order valence-corrected chi connectivity index (χ3v) is 10.3. The highest BCUT2D eigenvalue weighted by Gasteiger charge is 2.61. The average Bonchev–Trinajstić information content (AvgIpc) is 3.25. The van der Waals surface area contributed by atoms with Gasteiger partial charge in [0.2, 0.25) is 0 Å². The van der Waals surface area contributed by atoms with E-state index in [2.05, 4.69) is 18.8 Å². The molecule has 4 aliphatic rings. The quantitative estimate of drug-likeness (QED) is 0.797. The molecule has 5 rings (SSSR count). The van der Waals surface area contributed by atoms with Gasteiger partial charge in [-0.1, -0.05) is 13.8 Å². The number of aliphatic hydroxyl groups is 1. The Morgan fingerprint density at radius 2 is 1.86 bits per heavy atom. The van der Waals surface area contributed by atoms with Crippen molar-refractivity contribution < 1.29 is 9.90 Å². The predicted molar refractivity (Wildman–Crippen MR) is 113 cm³/mol. The molecule has 0 radical (unpaired) electrons. The summed E-state index contributed by atoms with van der Waals surface area (Å²) in [7, 11) is 0. The Balaban J connectivity index is 1.36. The maximum absolute atomic E-state index is 13.3. The van der Waals surface area contributed by atoms with Crippen molar-refractivity contribution in [2.45, 2.75) is 91.2 Å². The Hall–Kier alpha value is -1.16. The number of fused-ring (bicyclic) bond motifs is 5. The Bertz CT molecular complexity index is 788. The summed E-state index contributed by atoms with van der Waals surface area (Å²) in [6, 6.07) is 0. The minimum Gasteiger partial charge on any atom is -0.393 e. The van der Waals surface area contributed by atoms with Crippen LogP contribution in [-0.2, 0) is 11.3 Å². The van der Waals surface area contributed by atoms with Gasteiger partial charge in [0, 0.05) is 18.3 Å². The lowest BCUT2D eigenvalue weighted by molar-refractivity contribution is -0.140. The lowest BCUT2D eigenvalue weighted by atomic mass is 9.44. The lowest BCUT2D eigenvalue weighted by Crippen LogP contribution is -2.54. The number of aromatic nitrogens is 2. The standard InChI is InChI=1S/C25H38N2O2/c1-16-26-12-13-27(16)15-23(29)22-7-6-20-19-5-4-17-14-18(28)8-10-24(17,2)21(19)9-11-25(20,22)3/h12-13,17-22,28H,4-11,14-15H2,1-3H3/t17-,18+,19?,20?,21?,22?,24+,25+/m1/s1. The zero-order chi connectivity index (χ0) is 20.4. The summed E-state index contributed by atoms with van der Waals surface area (Å²) in [6.45, 7) is 7.47. The SMILES string of the molecule is Cc1nccn1CC(=O)C1CCC2C3CC[C@@H]4C[C@@H](O)CC[C@]4(C)C3CC[C@]12C. The van der Waals surface area contributed by atoms with Crippen LogP contribution < -0.4 is 0 Å². The van der Waals surface area contributed by atoms with E-state index in [-0.39, 0.29) is 17.4 Å². The summed E-state index contributed by atoms with van der Waals surface area (Å²) in [5.41, 5.74) is 0.601. The van der Waals surface area contributed by atoms with Crippen LogP contribution in [-0.4, -0.2) is 26.5 Å². The van der Waals surface area contributed by atoms with Gasteiger partial charge in [0.1, 0.15) is 5.82 Å². The molecule has 4 aliphatic carbocycles. The first-order valence-electron chi connectivity index (χ1n) is 12.0. The molecule has 4 fully saturated rings. The van der Waals surface area contributed by atoms with Crippen molar-refractivity contribution in [1.82, 2.24) is 9.55 Å². The normalized spacial score (nSPS) is 46.6. The van der Waals surface area contributed by atoms with Crippen LogP contribution >= 0.6 is 0 Å². The molecule has 4 unspecified atom stereocenters. The first kappa shape index (κ1) is 19.8. The molecular weight excluding hydrogens is 360 g/mol. The van der Waals surface area contributed by atoms with E-state index in [1.165, 1.54) is 38.5 Å². The minimum atomic E-state index is -0.0707. The van der Waals surface area contributed by atoms with E-state index in [1.54, 1.807) is 6.20 Å². The molecule has 0 amide bonds. The summed E-state index contributed by atoms with van der Waals surface area (Å²) in [5, 5.41) is 10.2. The van der Waals surface area contributed by atoms with Gasteiger partial charge >= 0.3 is 0 Å². The Kier molecular flexibility index (Phi) is 4.73. The van der Waals surface area contributed by atoms with Gasteiger partial charge in [0.05, 0.1) is 12.6 Å². The van der Waals surface area contributed by atoms with Crippen molar-refractivity contribution in [2.24, 2.45) is 40.4 Å². The van der Waals surface area contributed by atoms with Gasteiger partial charge in [-0.25, -0.2) is 4.98 Å². The van der Waals surface area contributed by atoms with E-state index in [9.17, 15) is 9.90 Å². The number of Topliss-reactive ketones (excluding diaryl/α,β-unsaturated/α-hetero) is 1. The first-order chi connectivity index (χ1) is 13.8. The third kappa shape index (κ3) is 2.96. The predicted octanol–water partition coefficient (Wildman–Crippen LogP) is 4.78. The fourth-order valence-corrected chi connectivity index (χ4v) is 8.61. The summed E-state index contributed by atoms with van der Waals surface area (Å²) in [6.07, 6.45) is 14.3. The highest BCUT2D eigenvalue weighted by Crippen LogP contribution is 2.67. The summed E-state index contributed by atoms with van der Waals surface area (Å²) in [5.74, 6) is 4.59. The van der Waals surface area contributed by atoms with E-state index in [0.717, 1.165) is 36.9 Å². The second-order valence-electron chi connectivity index (χ2n) is 11.3. The molecule has 0 aromatic carbocycles. The van der Waals surface area contributed by atoms with Crippen LogP contribution in [0, 0.1) is 47.3 Å². The minimum absolute atomic E-state index is 0.0707. The number of carbonyl (C=O) groups excluding carboxylic acids is 1. The Labute approximate surface area is 175 Å². The second kappa shape index (κ2) is 6.93. The number of ketones is 1. The number of aliphatic hydroxyl groups excluding tert-OH is 1. The summed E-state index contributed by atoms with van der Waals surface area (Å²) in [4.78, 5) is 17.6. The van der Waals surface area contributed by atoms with Crippen LogP contribution in [0.5, 0.6) is 0 Å². The van der Waals surface area contributed by atoms with Crippen LogP contribution in [0.3, 0.4) is 0 Å². The van der Waals surface area contributed by atoms with E-state index in [1.807, 2.05) is 17.7 Å². The van der Waals surface area contributed by atoms with Gasteiger partial charge in [-0.3, -0.25) is 4.79 Å². The van der Waals surface area contributed by atoms with Crippen molar-refractivity contribution in [1.29, 1.82) is 0 Å². The third-order valence-electron chi connectivity index (χ3n) is 10.3. The molecule has 0 spiro atoms. The van der Waals surface area contributed by atoms with Crippen molar-refractivity contribution in [2.75, 3.05) is 0 Å². The van der Waals surface area contributed by atoms with Crippen LogP contribution in [0.1, 0.15) is 77.5 Å². The molecule has 0 saturated heterocycles. The number of aryl methyl sites for hydroxylation is 1. The number of nitrogens with zero attached hydrogens (tertiary/aromatic N) is 2. The number of hydrogen-bond acceptors (Lipinski definition) is 3. The molecule has 1 aromatic rings.